The number of alkyl halides is 3. The number of hydrogen-bond acceptors (Lipinski definition) is 2. The van der Waals surface area contributed by atoms with E-state index in [2.05, 4.69) is 0 Å². The lowest BCUT2D eigenvalue weighted by Gasteiger charge is -2.11. The van der Waals surface area contributed by atoms with Gasteiger partial charge in [0.1, 0.15) is 0 Å². The molecule has 17 heavy (non-hydrogen) atoms. The maximum absolute atomic E-state index is 12.4. The van der Waals surface area contributed by atoms with Crippen molar-refractivity contribution < 1.29 is 18.0 Å². The minimum atomic E-state index is -4.32. The Morgan fingerprint density at radius 2 is 1.94 bits per heavy atom. The zero-order chi connectivity index (χ0) is 13.1. The molecule has 0 amide bonds. The summed E-state index contributed by atoms with van der Waals surface area (Å²) >= 11 is -0.158. The van der Waals surface area contributed by atoms with E-state index >= 15 is 0 Å². The van der Waals surface area contributed by atoms with Crippen LogP contribution in [0.1, 0.15) is 36.2 Å². The molecule has 0 aliphatic rings. The Bertz CT molecular complexity index is 413. The van der Waals surface area contributed by atoms with Crippen molar-refractivity contribution >= 4 is 17.5 Å². The summed E-state index contributed by atoms with van der Waals surface area (Å²) in [6, 6.07) is 4.52. The van der Waals surface area contributed by atoms with E-state index in [-0.39, 0.29) is 22.4 Å². The lowest BCUT2D eigenvalue weighted by atomic mass is 10.1. The molecule has 5 heteroatoms. The summed E-state index contributed by atoms with van der Waals surface area (Å²) in [6.45, 7) is 3.48. The third-order valence-electron chi connectivity index (χ3n) is 2.32. The van der Waals surface area contributed by atoms with Crippen molar-refractivity contribution in [1.29, 1.82) is 0 Å². The van der Waals surface area contributed by atoms with Gasteiger partial charge in [0, 0.05) is 16.9 Å². The highest BCUT2D eigenvalue weighted by Crippen LogP contribution is 2.39. The normalized spacial score (nSPS) is 11.6. The SMILES string of the molecule is CCC(=O)c1ccc(CC)c(SC(F)(F)F)c1. The maximum Gasteiger partial charge on any atom is 0.446 e. The Labute approximate surface area is 102 Å². The van der Waals surface area contributed by atoms with Crippen molar-refractivity contribution in [2.24, 2.45) is 0 Å². The van der Waals surface area contributed by atoms with Crippen LogP contribution in [0.3, 0.4) is 0 Å². The number of ketones is 1. The minimum Gasteiger partial charge on any atom is -0.294 e. The van der Waals surface area contributed by atoms with Crippen LogP contribution in [-0.2, 0) is 6.42 Å². The molecule has 0 atom stereocenters. The van der Waals surface area contributed by atoms with Crippen LogP contribution in [0, 0.1) is 0 Å². The first-order chi connectivity index (χ1) is 7.87. The van der Waals surface area contributed by atoms with Crippen molar-refractivity contribution in [3.05, 3.63) is 29.3 Å². The first kappa shape index (κ1) is 14.1. The zero-order valence-corrected chi connectivity index (χ0v) is 10.4. The van der Waals surface area contributed by atoms with Crippen molar-refractivity contribution in [2.75, 3.05) is 0 Å². The summed E-state index contributed by atoms with van der Waals surface area (Å²) in [7, 11) is 0. The van der Waals surface area contributed by atoms with E-state index < -0.39 is 5.51 Å². The molecule has 0 N–H and O–H groups in total. The van der Waals surface area contributed by atoms with Crippen molar-refractivity contribution in [2.45, 2.75) is 37.1 Å². The van der Waals surface area contributed by atoms with E-state index in [9.17, 15) is 18.0 Å². The number of hydrogen-bond donors (Lipinski definition) is 0. The molecule has 0 saturated carbocycles. The van der Waals surface area contributed by atoms with Crippen molar-refractivity contribution in [1.82, 2.24) is 0 Å². The second-order valence-electron chi connectivity index (χ2n) is 3.50. The fourth-order valence-corrected chi connectivity index (χ4v) is 2.22. The fourth-order valence-electron chi connectivity index (χ4n) is 1.44. The first-order valence-electron chi connectivity index (χ1n) is 5.29. The van der Waals surface area contributed by atoms with Crippen LogP contribution in [-0.4, -0.2) is 11.3 Å². The van der Waals surface area contributed by atoms with E-state index in [0.29, 0.717) is 24.0 Å². The predicted octanol–water partition coefficient (Wildman–Crippen LogP) is 4.45. The average Bonchev–Trinajstić information content (AvgIpc) is 2.25. The average molecular weight is 262 g/mol. The third-order valence-corrected chi connectivity index (χ3v) is 3.15. The molecular weight excluding hydrogens is 249 g/mol. The molecule has 0 spiro atoms. The molecular formula is C12H13F3OS. The van der Waals surface area contributed by atoms with E-state index in [0.717, 1.165) is 0 Å². The molecule has 1 rings (SSSR count). The molecule has 0 bridgehead atoms. The van der Waals surface area contributed by atoms with Gasteiger partial charge >= 0.3 is 5.51 Å². The summed E-state index contributed by atoms with van der Waals surface area (Å²) in [5, 5.41) is 0. The second kappa shape index (κ2) is 5.58. The van der Waals surface area contributed by atoms with Crippen molar-refractivity contribution in [3.8, 4) is 0 Å². The quantitative estimate of drug-likeness (QED) is 0.589. The largest absolute Gasteiger partial charge is 0.446 e. The highest BCUT2D eigenvalue weighted by atomic mass is 32.2. The smallest absolute Gasteiger partial charge is 0.294 e. The Hall–Kier alpha value is -0.970. The van der Waals surface area contributed by atoms with E-state index in [1.165, 1.54) is 6.07 Å². The van der Waals surface area contributed by atoms with Gasteiger partial charge in [-0.3, -0.25) is 4.79 Å². The van der Waals surface area contributed by atoms with Gasteiger partial charge < -0.3 is 0 Å². The Morgan fingerprint density at radius 3 is 2.41 bits per heavy atom. The topological polar surface area (TPSA) is 17.1 Å². The number of Topliss-reactive ketones (excluding diaryl/α,β-unsaturated/α-hetero) is 1. The second-order valence-corrected chi connectivity index (χ2v) is 4.61. The lowest BCUT2D eigenvalue weighted by Crippen LogP contribution is -2.03. The van der Waals surface area contributed by atoms with Gasteiger partial charge in [0.05, 0.1) is 0 Å². The summed E-state index contributed by atoms with van der Waals surface area (Å²) < 4.78 is 37.1. The fraction of sp³-hybridized carbons (Fsp3) is 0.417. The first-order valence-corrected chi connectivity index (χ1v) is 6.11. The highest BCUT2D eigenvalue weighted by molar-refractivity contribution is 8.00. The standard InChI is InChI=1S/C12H13F3OS/c1-3-8-5-6-9(10(16)4-2)7-11(8)17-12(13,14)15/h5-7H,3-4H2,1-2H3. The molecule has 0 unspecified atom stereocenters. The van der Waals surface area contributed by atoms with Crippen LogP contribution in [0.4, 0.5) is 13.2 Å². The number of benzene rings is 1. The molecule has 0 aliphatic carbocycles. The molecule has 0 heterocycles. The number of carbonyl (C=O) groups excluding carboxylic acids is 1. The number of rotatable bonds is 4. The van der Waals surface area contributed by atoms with Gasteiger partial charge in [-0.1, -0.05) is 26.0 Å². The monoisotopic (exact) mass is 262 g/mol. The summed E-state index contributed by atoms with van der Waals surface area (Å²) in [5.74, 6) is -0.142. The van der Waals surface area contributed by atoms with Crippen LogP contribution in [0.15, 0.2) is 23.1 Å². The van der Waals surface area contributed by atoms with Gasteiger partial charge in [0.15, 0.2) is 5.78 Å². The summed E-state index contributed by atoms with van der Waals surface area (Å²) in [6.07, 6.45) is 0.806. The van der Waals surface area contributed by atoms with Gasteiger partial charge in [0.25, 0.3) is 0 Å². The van der Waals surface area contributed by atoms with Crippen LogP contribution in [0.5, 0.6) is 0 Å². The Morgan fingerprint density at radius 1 is 1.29 bits per heavy atom. The number of halogens is 3. The molecule has 0 aliphatic heterocycles. The van der Waals surface area contributed by atoms with Gasteiger partial charge in [-0.25, -0.2) is 0 Å². The molecule has 0 aromatic heterocycles. The maximum atomic E-state index is 12.4. The Kier molecular flexibility index (Phi) is 4.62. The molecule has 94 valence electrons. The molecule has 1 nitrogen and oxygen atoms in total. The molecule has 0 radical (unpaired) electrons. The molecule has 1 aromatic carbocycles. The van der Waals surface area contributed by atoms with E-state index in [4.69, 9.17) is 0 Å². The van der Waals surface area contributed by atoms with Crippen molar-refractivity contribution in [3.63, 3.8) is 0 Å². The van der Waals surface area contributed by atoms with Crippen LogP contribution in [0.25, 0.3) is 0 Å². The number of thioether (sulfide) groups is 1. The van der Waals surface area contributed by atoms with Gasteiger partial charge in [0.2, 0.25) is 0 Å². The summed E-state index contributed by atoms with van der Waals surface area (Å²) in [4.78, 5) is 11.6. The van der Waals surface area contributed by atoms with Crippen LogP contribution in [0.2, 0.25) is 0 Å². The van der Waals surface area contributed by atoms with Gasteiger partial charge in [-0.15, -0.1) is 0 Å². The number of aryl methyl sites for hydroxylation is 1. The lowest BCUT2D eigenvalue weighted by molar-refractivity contribution is -0.0328. The van der Waals surface area contributed by atoms with Crippen LogP contribution < -0.4 is 0 Å². The predicted molar refractivity (Wildman–Crippen MR) is 62.4 cm³/mol. The van der Waals surface area contributed by atoms with Gasteiger partial charge in [-0.05, 0) is 29.8 Å². The Balaban J connectivity index is 3.11. The molecule has 0 saturated heterocycles. The molecule has 0 fully saturated rings. The highest BCUT2D eigenvalue weighted by Gasteiger charge is 2.30. The van der Waals surface area contributed by atoms with Gasteiger partial charge in [-0.2, -0.15) is 13.2 Å². The number of carbonyl (C=O) groups is 1. The van der Waals surface area contributed by atoms with E-state index in [1.54, 1.807) is 26.0 Å². The van der Waals surface area contributed by atoms with Crippen LogP contribution >= 0.6 is 11.8 Å². The van der Waals surface area contributed by atoms with E-state index in [1.807, 2.05) is 0 Å². The minimum absolute atomic E-state index is 0.124. The molecule has 1 aromatic rings. The summed E-state index contributed by atoms with van der Waals surface area (Å²) in [5.41, 5.74) is -3.37. The third kappa shape index (κ3) is 4.07. The zero-order valence-electron chi connectivity index (χ0n) is 9.60.